The lowest BCUT2D eigenvalue weighted by atomic mass is 10.1. The van der Waals surface area contributed by atoms with E-state index in [1.54, 1.807) is 6.20 Å². The second-order valence-electron chi connectivity index (χ2n) is 9.55. The minimum atomic E-state index is -0.237. The maximum absolute atomic E-state index is 13.7. The minimum absolute atomic E-state index is 0.0885. The quantitative estimate of drug-likeness (QED) is 0.320. The van der Waals surface area contributed by atoms with Gasteiger partial charge in [0, 0.05) is 11.6 Å². The molecule has 5 aromatic rings. The van der Waals surface area contributed by atoms with Gasteiger partial charge in [0.15, 0.2) is 5.65 Å². The van der Waals surface area contributed by atoms with Gasteiger partial charge in [-0.15, -0.1) is 0 Å². The fraction of sp³-hybridized carbons (Fsp3) is 0.286. The van der Waals surface area contributed by atoms with Crippen molar-refractivity contribution < 1.29 is 9.21 Å². The zero-order valence-electron chi connectivity index (χ0n) is 21.7. The largest absolute Gasteiger partial charge is 0.466 e. The van der Waals surface area contributed by atoms with Crippen LogP contribution in [0.4, 0.5) is 5.69 Å². The molecule has 0 saturated carbocycles. The van der Waals surface area contributed by atoms with Crippen molar-refractivity contribution >= 4 is 22.6 Å². The minimum Gasteiger partial charge on any atom is -0.466 e. The maximum Gasteiger partial charge on any atom is 0.256 e. The van der Waals surface area contributed by atoms with E-state index >= 15 is 0 Å². The fourth-order valence-electron chi connectivity index (χ4n) is 4.55. The smallest absolute Gasteiger partial charge is 0.256 e. The Morgan fingerprint density at radius 1 is 1.03 bits per heavy atom. The molecule has 1 aromatic carbocycles. The van der Waals surface area contributed by atoms with Crippen LogP contribution in [-0.2, 0) is 0 Å². The number of aromatic nitrogens is 5. The van der Waals surface area contributed by atoms with Crippen molar-refractivity contribution in [3.8, 4) is 16.9 Å². The van der Waals surface area contributed by atoms with Crippen molar-refractivity contribution in [3.63, 3.8) is 0 Å². The molecule has 4 heterocycles. The van der Waals surface area contributed by atoms with Crippen LogP contribution in [0, 0.1) is 34.6 Å². The van der Waals surface area contributed by atoms with E-state index in [1.807, 2.05) is 94.2 Å². The third-order valence-electron chi connectivity index (χ3n) is 6.43. The van der Waals surface area contributed by atoms with E-state index in [-0.39, 0.29) is 11.9 Å². The molecular formula is C28H30N6O2. The first kappa shape index (κ1) is 23.5. The summed E-state index contributed by atoms with van der Waals surface area (Å²) in [6, 6.07) is 12.0. The SMILES string of the molecule is Cc1ccc(-n2nc(C)c(NC(=O)c3cc(-c4cc(C)oc4C)nc4c3cnn4C(C)C)c2C)cc1. The number of benzene rings is 1. The molecule has 0 unspecified atom stereocenters. The van der Waals surface area contributed by atoms with Gasteiger partial charge in [0.25, 0.3) is 5.91 Å². The van der Waals surface area contributed by atoms with Crippen LogP contribution in [0.25, 0.3) is 28.0 Å². The summed E-state index contributed by atoms with van der Waals surface area (Å²) >= 11 is 0. The van der Waals surface area contributed by atoms with Crippen LogP contribution < -0.4 is 5.32 Å². The third-order valence-corrected chi connectivity index (χ3v) is 6.43. The molecule has 1 amide bonds. The molecule has 5 rings (SSSR count). The summed E-state index contributed by atoms with van der Waals surface area (Å²) in [7, 11) is 0. The molecule has 0 spiro atoms. The van der Waals surface area contributed by atoms with Gasteiger partial charge in [-0.2, -0.15) is 10.2 Å². The van der Waals surface area contributed by atoms with Crippen LogP contribution in [0.2, 0.25) is 0 Å². The summed E-state index contributed by atoms with van der Waals surface area (Å²) in [6.45, 7) is 13.8. The molecule has 0 radical (unpaired) electrons. The summed E-state index contributed by atoms with van der Waals surface area (Å²) in [5.74, 6) is 1.31. The van der Waals surface area contributed by atoms with Crippen LogP contribution in [0.5, 0.6) is 0 Å². The van der Waals surface area contributed by atoms with Gasteiger partial charge in [0.2, 0.25) is 0 Å². The predicted molar refractivity (Wildman–Crippen MR) is 141 cm³/mol. The molecule has 184 valence electrons. The number of pyridine rings is 1. The first-order valence-corrected chi connectivity index (χ1v) is 12.0. The second-order valence-corrected chi connectivity index (χ2v) is 9.55. The first-order chi connectivity index (χ1) is 17.1. The molecule has 0 fully saturated rings. The van der Waals surface area contributed by atoms with E-state index in [1.165, 1.54) is 5.56 Å². The number of rotatable bonds is 5. The highest BCUT2D eigenvalue weighted by molar-refractivity contribution is 6.13. The molecule has 8 heteroatoms. The van der Waals surface area contributed by atoms with Gasteiger partial charge < -0.3 is 9.73 Å². The molecule has 0 aliphatic rings. The van der Waals surface area contributed by atoms with Gasteiger partial charge in [0.1, 0.15) is 11.5 Å². The van der Waals surface area contributed by atoms with E-state index in [0.717, 1.165) is 34.2 Å². The summed E-state index contributed by atoms with van der Waals surface area (Å²) in [5, 5.41) is 13.0. The molecule has 0 bridgehead atoms. The van der Waals surface area contributed by atoms with Crippen LogP contribution in [0.3, 0.4) is 0 Å². The van der Waals surface area contributed by atoms with Gasteiger partial charge in [-0.3, -0.25) is 4.79 Å². The Morgan fingerprint density at radius 2 is 1.75 bits per heavy atom. The Morgan fingerprint density at radius 3 is 2.39 bits per heavy atom. The summed E-state index contributed by atoms with van der Waals surface area (Å²) in [4.78, 5) is 18.6. The number of nitrogens with zero attached hydrogens (tertiary/aromatic N) is 5. The van der Waals surface area contributed by atoms with Gasteiger partial charge in [-0.25, -0.2) is 14.3 Å². The van der Waals surface area contributed by atoms with Crippen LogP contribution in [-0.4, -0.2) is 30.5 Å². The molecule has 0 saturated heterocycles. The molecule has 0 aliphatic heterocycles. The number of fused-ring (bicyclic) bond motifs is 1. The molecule has 0 atom stereocenters. The topological polar surface area (TPSA) is 90.8 Å². The number of amides is 1. The Hall–Kier alpha value is -4.20. The zero-order chi connectivity index (χ0) is 25.7. The standard InChI is InChI=1S/C28H30N6O2/c1-15(2)33-27-24(14-29-33)23(13-25(30-27)22-12-17(4)36-20(22)7)28(35)31-26-18(5)32-34(19(26)6)21-10-8-16(3)9-11-21/h8-15H,1-7H3,(H,31,35). The predicted octanol–water partition coefficient (Wildman–Crippen LogP) is 6.25. The van der Waals surface area contributed by atoms with Crippen molar-refractivity contribution in [2.75, 3.05) is 5.32 Å². The monoisotopic (exact) mass is 482 g/mol. The lowest BCUT2D eigenvalue weighted by Gasteiger charge is -2.11. The highest BCUT2D eigenvalue weighted by Gasteiger charge is 2.22. The average Bonchev–Trinajstić information content (AvgIpc) is 3.49. The van der Waals surface area contributed by atoms with Gasteiger partial charge in [-0.05, 0) is 72.7 Å². The van der Waals surface area contributed by atoms with E-state index < -0.39 is 0 Å². The fourth-order valence-corrected chi connectivity index (χ4v) is 4.55. The molecule has 1 N–H and O–H groups in total. The number of furan rings is 1. The first-order valence-electron chi connectivity index (χ1n) is 12.0. The Kier molecular flexibility index (Phi) is 5.74. The van der Waals surface area contributed by atoms with Crippen molar-refractivity contribution in [2.45, 2.75) is 54.5 Å². The maximum atomic E-state index is 13.7. The third kappa shape index (κ3) is 3.98. The van der Waals surface area contributed by atoms with Crippen molar-refractivity contribution in [1.82, 2.24) is 24.5 Å². The molecule has 8 nitrogen and oxygen atoms in total. The van der Waals surface area contributed by atoms with E-state index in [2.05, 4.69) is 15.5 Å². The van der Waals surface area contributed by atoms with Crippen LogP contribution >= 0.6 is 0 Å². The number of anilines is 1. The Labute approximate surface area is 210 Å². The summed E-state index contributed by atoms with van der Waals surface area (Å²) < 4.78 is 9.44. The van der Waals surface area contributed by atoms with Crippen molar-refractivity contribution in [2.24, 2.45) is 0 Å². The summed E-state index contributed by atoms with van der Waals surface area (Å²) in [6.07, 6.45) is 1.71. The number of aryl methyl sites for hydroxylation is 4. The summed E-state index contributed by atoms with van der Waals surface area (Å²) in [5.41, 5.74) is 7.11. The number of carbonyl (C=O) groups excluding carboxylic acids is 1. The molecule has 0 aliphatic carbocycles. The lowest BCUT2D eigenvalue weighted by molar-refractivity contribution is 0.102. The van der Waals surface area contributed by atoms with Crippen molar-refractivity contribution in [1.29, 1.82) is 0 Å². The van der Waals surface area contributed by atoms with Crippen LogP contribution in [0.15, 0.2) is 47.0 Å². The Bertz CT molecular complexity index is 1600. The molecular weight excluding hydrogens is 452 g/mol. The van der Waals surface area contributed by atoms with E-state index in [9.17, 15) is 4.79 Å². The van der Waals surface area contributed by atoms with E-state index in [4.69, 9.17) is 9.40 Å². The molecule has 36 heavy (non-hydrogen) atoms. The highest BCUT2D eigenvalue weighted by Crippen LogP contribution is 2.31. The number of nitrogens with one attached hydrogen (secondary N) is 1. The Balaban J connectivity index is 1.60. The van der Waals surface area contributed by atoms with Gasteiger partial charge in [0.05, 0.1) is 45.6 Å². The van der Waals surface area contributed by atoms with E-state index in [0.29, 0.717) is 28.0 Å². The van der Waals surface area contributed by atoms with Crippen molar-refractivity contribution in [3.05, 3.63) is 76.6 Å². The highest BCUT2D eigenvalue weighted by atomic mass is 16.3. The second kappa shape index (κ2) is 8.78. The van der Waals surface area contributed by atoms with Gasteiger partial charge >= 0.3 is 0 Å². The number of hydrogen-bond donors (Lipinski definition) is 1. The lowest BCUT2D eigenvalue weighted by Crippen LogP contribution is -2.14. The molecule has 4 aromatic heterocycles. The normalized spacial score (nSPS) is 11.6. The van der Waals surface area contributed by atoms with Crippen LogP contribution in [0.1, 0.15) is 58.7 Å². The van der Waals surface area contributed by atoms with Gasteiger partial charge in [-0.1, -0.05) is 17.7 Å². The average molecular weight is 483 g/mol. The number of hydrogen-bond acceptors (Lipinski definition) is 5. The zero-order valence-corrected chi connectivity index (χ0v) is 21.7. The number of carbonyl (C=O) groups is 1.